The molecule has 2 rings (SSSR count). The highest BCUT2D eigenvalue weighted by atomic mass is 16.2. The maximum atomic E-state index is 12.5. The van der Waals surface area contributed by atoms with Crippen molar-refractivity contribution in [3.63, 3.8) is 0 Å². The molecule has 3 nitrogen and oxygen atoms in total. The highest BCUT2D eigenvalue weighted by molar-refractivity contribution is 5.79. The van der Waals surface area contributed by atoms with Crippen LogP contribution in [0, 0.1) is 11.8 Å². The van der Waals surface area contributed by atoms with E-state index < -0.39 is 0 Å². The predicted octanol–water partition coefficient (Wildman–Crippen LogP) is 2.41. The number of piperidine rings is 1. The molecule has 0 aliphatic carbocycles. The molecule has 1 unspecified atom stereocenters. The number of hydrogen-bond donors (Lipinski definition) is 1. The number of rotatable bonds is 2. The van der Waals surface area contributed by atoms with Crippen molar-refractivity contribution in [1.82, 2.24) is 10.2 Å². The monoisotopic (exact) mass is 252 g/mol. The van der Waals surface area contributed by atoms with Gasteiger partial charge in [0.1, 0.15) is 0 Å². The van der Waals surface area contributed by atoms with E-state index >= 15 is 0 Å². The van der Waals surface area contributed by atoms with E-state index in [2.05, 4.69) is 24.1 Å². The second-order valence-electron chi connectivity index (χ2n) is 6.11. The Morgan fingerprint density at radius 1 is 1.28 bits per heavy atom. The molecule has 0 aromatic carbocycles. The van der Waals surface area contributed by atoms with E-state index in [1.165, 1.54) is 25.7 Å². The summed E-state index contributed by atoms with van der Waals surface area (Å²) in [6.45, 7) is 7.46. The standard InChI is InChI=1S/C15H28N2O/c1-3-13-5-4-9-17(10-7-13)15(18)14-6-8-16-12(2)11-14/h12-14,16H,3-11H2,1-2H3/t12-,13?,14-/m0/s1. The first-order valence-electron chi connectivity index (χ1n) is 7.73. The van der Waals surface area contributed by atoms with E-state index in [0.29, 0.717) is 11.9 Å². The SMILES string of the molecule is CCC1CCCN(C(=O)[C@H]2CCN[C@@H](C)C2)CC1. The lowest BCUT2D eigenvalue weighted by atomic mass is 9.92. The molecule has 3 atom stereocenters. The van der Waals surface area contributed by atoms with Crippen LogP contribution in [0.2, 0.25) is 0 Å². The number of carbonyl (C=O) groups excluding carboxylic acids is 1. The van der Waals surface area contributed by atoms with E-state index in [-0.39, 0.29) is 5.92 Å². The molecule has 2 saturated heterocycles. The molecule has 2 aliphatic rings. The Morgan fingerprint density at radius 3 is 2.83 bits per heavy atom. The summed E-state index contributed by atoms with van der Waals surface area (Å²) in [5, 5.41) is 3.43. The average molecular weight is 252 g/mol. The van der Waals surface area contributed by atoms with Gasteiger partial charge >= 0.3 is 0 Å². The largest absolute Gasteiger partial charge is 0.342 e. The van der Waals surface area contributed by atoms with E-state index in [4.69, 9.17) is 0 Å². The van der Waals surface area contributed by atoms with Gasteiger partial charge in [-0.3, -0.25) is 4.79 Å². The van der Waals surface area contributed by atoms with Crippen molar-refractivity contribution >= 4 is 5.91 Å². The van der Waals surface area contributed by atoms with Crippen LogP contribution in [0.1, 0.15) is 52.4 Å². The topological polar surface area (TPSA) is 32.3 Å². The first kappa shape index (κ1) is 13.9. The molecule has 0 spiro atoms. The van der Waals surface area contributed by atoms with Crippen molar-refractivity contribution in [3.05, 3.63) is 0 Å². The summed E-state index contributed by atoms with van der Waals surface area (Å²) in [5.74, 6) is 1.55. The maximum absolute atomic E-state index is 12.5. The number of nitrogens with one attached hydrogen (secondary N) is 1. The molecule has 2 fully saturated rings. The molecule has 2 heterocycles. The Labute approximate surface area is 111 Å². The Bertz CT molecular complexity index is 280. The third kappa shape index (κ3) is 3.47. The van der Waals surface area contributed by atoms with Gasteiger partial charge in [-0.05, 0) is 51.5 Å². The van der Waals surface area contributed by atoms with Crippen LogP contribution in [0.4, 0.5) is 0 Å². The highest BCUT2D eigenvalue weighted by Gasteiger charge is 2.29. The van der Waals surface area contributed by atoms with Crippen LogP contribution in [-0.4, -0.2) is 36.5 Å². The van der Waals surface area contributed by atoms with Crippen LogP contribution in [-0.2, 0) is 4.79 Å². The molecular formula is C15H28N2O. The minimum absolute atomic E-state index is 0.277. The minimum atomic E-state index is 0.277. The van der Waals surface area contributed by atoms with Crippen molar-refractivity contribution < 1.29 is 4.79 Å². The lowest BCUT2D eigenvalue weighted by Gasteiger charge is -2.31. The van der Waals surface area contributed by atoms with Gasteiger partial charge in [-0.2, -0.15) is 0 Å². The van der Waals surface area contributed by atoms with Crippen LogP contribution < -0.4 is 5.32 Å². The average Bonchev–Trinajstić information content (AvgIpc) is 2.63. The molecule has 0 radical (unpaired) electrons. The predicted molar refractivity (Wildman–Crippen MR) is 74.4 cm³/mol. The highest BCUT2D eigenvalue weighted by Crippen LogP contribution is 2.24. The lowest BCUT2D eigenvalue weighted by molar-refractivity contribution is -0.136. The van der Waals surface area contributed by atoms with Crippen molar-refractivity contribution in [2.75, 3.05) is 19.6 Å². The van der Waals surface area contributed by atoms with Crippen molar-refractivity contribution in [3.8, 4) is 0 Å². The van der Waals surface area contributed by atoms with Gasteiger partial charge in [-0.25, -0.2) is 0 Å². The van der Waals surface area contributed by atoms with Crippen molar-refractivity contribution in [2.24, 2.45) is 11.8 Å². The molecule has 1 amide bonds. The van der Waals surface area contributed by atoms with Gasteiger partial charge in [0.25, 0.3) is 0 Å². The molecule has 2 aliphatic heterocycles. The molecule has 0 aromatic heterocycles. The van der Waals surface area contributed by atoms with Gasteiger partial charge in [0.05, 0.1) is 0 Å². The number of hydrogen-bond acceptors (Lipinski definition) is 2. The molecule has 18 heavy (non-hydrogen) atoms. The van der Waals surface area contributed by atoms with E-state index in [1.807, 2.05) is 0 Å². The summed E-state index contributed by atoms with van der Waals surface area (Å²) in [4.78, 5) is 14.7. The fourth-order valence-corrected chi connectivity index (χ4v) is 3.41. The van der Waals surface area contributed by atoms with Gasteiger partial charge in [-0.15, -0.1) is 0 Å². The second kappa shape index (κ2) is 6.55. The second-order valence-corrected chi connectivity index (χ2v) is 6.11. The molecule has 3 heteroatoms. The lowest BCUT2D eigenvalue weighted by Crippen LogP contribution is -2.44. The normalized spacial score (nSPS) is 34.1. The van der Waals surface area contributed by atoms with E-state index in [9.17, 15) is 4.79 Å². The van der Waals surface area contributed by atoms with Crippen LogP contribution in [0.3, 0.4) is 0 Å². The zero-order chi connectivity index (χ0) is 13.0. The van der Waals surface area contributed by atoms with Crippen molar-refractivity contribution in [1.29, 1.82) is 0 Å². The Morgan fingerprint density at radius 2 is 2.11 bits per heavy atom. The number of carbonyl (C=O) groups is 1. The molecule has 1 N–H and O–H groups in total. The number of nitrogens with zero attached hydrogens (tertiary/aromatic N) is 1. The summed E-state index contributed by atoms with van der Waals surface area (Å²) in [6.07, 6.45) is 7.03. The molecule has 0 bridgehead atoms. The van der Waals surface area contributed by atoms with Crippen LogP contribution in [0.25, 0.3) is 0 Å². The molecular weight excluding hydrogens is 224 g/mol. The van der Waals surface area contributed by atoms with Crippen LogP contribution >= 0.6 is 0 Å². The van der Waals surface area contributed by atoms with Crippen LogP contribution in [0.5, 0.6) is 0 Å². The third-order valence-electron chi connectivity index (χ3n) is 4.71. The van der Waals surface area contributed by atoms with Gasteiger partial charge in [0.15, 0.2) is 0 Å². The third-order valence-corrected chi connectivity index (χ3v) is 4.71. The number of amides is 1. The molecule has 0 aromatic rings. The van der Waals surface area contributed by atoms with Gasteiger partial charge in [-0.1, -0.05) is 13.3 Å². The Kier molecular flexibility index (Phi) is 5.04. The summed E-state index contributed by atoms with van der Waals surface area (Å²) in [6, 6.07) is 0.503. The first-order valence-corrected chi connectivity index (χ1v) is 7.73. The summed E-state index contributed by atoms with van der Waals surface area (Å²) >= 11 is 0. The first-order chi connectivity index (χ1) is 8.70. The maximum Gasteiger partial charge on any atom is 0.225 e. The Balaban J connectivity index is 1.88. The van der Waals surface area contributed by atoms with Gasteiger partial charge in [0, 0.05) is 25.0 Å². The van der Waals surface area contributed by atoms with Gasteiger partial charge in [0.2, 0.25) is 5.91 Å². The minimum Gasteiger partial charge on any atom is -0.342 e. The summed E-state index contributed by atoms with van der Waals surface area (Å²) in [5.41, 5.74) is 0. The summed E-state index contributed by atoms with van der Waals surface area (Å²) < 4.78 is 0. The van der Waals surface area contributed by atoms with Crippen LogP contribution in [0.15, 0.2) is 0 Å². The fourth-order valence-electron chi connectivity index (χ4n) is 3.41. The molecule has 104 valence electrons. The zero-order valence-corrected chi connectivity index (χ0v) is 12.0. The van der Waals surface area contributed by atoms with E-state index in [1.54, 1.807) is 0 Å². The summed E-state index contributed by atoms with van der Waals surface area (Å²) in [7, 11) is 0. The Hall–Kier alpha value is -0.570. The zero-order valence-electron chi connectivity index (χ0n) is 12.0. The fraction of sp³-hybridized carbons (Fsp3) is 0.933. The van der Waals surface area contributed by atoms with Gasteiger partial charge < -0.3 is 10.2 Å². The number of likely N-dealkylation sites (tertiary alicyclic amines) is 1. The quantitative estimate of drug-likeness (QED) is 0.818. The van der Waals surface area contributed by atoms with Crippen molar-refractivity contribution in [2.45, 2.75) is 58.4 Å². The smallest absolute Gasteiger partial charge is 0.225 e. The molecule has 0 saturated carbocycles. The van der Waals surface area contributed by atoms with E-state index in [0.717, 1.165) is 38.4 Å².